The lowest BCUT2D eigenvalue weighted by Crippen LogP contribution is -2.27. The Kier molecular flexibility index (Phi) is 4.03. The van der Waals surface area contributed by atoms with Crippen LogP contribution in [0.1, 0.15) is 21.7 Å². The van der Waals surface area contributed by atoms with Gasteiger partial charge in [0.15, 0.2) is 17.3 Å². The van der Waals surface area contributed by atoms with Crippen molar-refractivity contribution in [2.45, 2.75) is 13.0 Å². The summed E-state index contributed by atoms with van der Waals surface area (Å²) < 4.78 is 12.9. The van der Waals surface area contributed by atoms with Gasteiger partial charge in [-0.15, -0.1) is 0 Å². The lowest BCUT2D eigenvalue weighted by Gasteiger charge is -2.12. The second-order valence-electron chi connectivity index (χ2n) is 6.00. The number of benzene rings is 2. The number of methoxy groups -OCH3 is 2. The fraction of sp³-hybridized carbons (Fsp3) is 0.211. The van der Waals surface area contributed by atoms with Crippen molar-refractivity contribution in [3.8, 4) is 11.5 Å². The van der Waals surface area contributed by atoms with Crippen LogP contribution in [0, 0.1) is 0 Å². The fourth-order valence-corrected chi connectivity index (χ4v) is 3.63. The Morgan fingerprint density at radius 2 is 1.81 bits per heavy atom. The molecule has 0 saturated heterocycles. The number of ether oxygens (including phenoxy) is 2. The molecule has 2 heterocycles. The minimum atomic E-state index is -0.291. The molecule has 3 aromatic rings. The molecule has 1 aliphatic rings. The van der Waals surface area contributed by atoms with Gasteiger partial charge in [0.25, 0.3) is 5.56 Å². The number of nitrogens with zero attached hydrogens (tertiary/aromatic N) is 2. The highest BCUT2D eigenvalue weighted by molar-refractivity contribution is 9.10. The molecule has 0 atom stereocenters. The van der Waals surface area contributed by atoms with Crippen LogP contribution in [0.5, 0.6) is 11.5 Å². The standard InChI is InChI=1S/C19H15BrN2O4/c1-25-15-7-10-5-6-22-18(17(23)12(10)9-16(15)26-2)21-14-4-3-11(20)8-13(14)19(22)24/h3-4,7-9H,5-6H2,1-2H3. The number of carbonyl (C=O) groups excluding carboxylic acids is 1. The van der Waals surface area contributed by atoms with Crippen LogP contribution in [0.25, 0.3) is 10.9 Å². The molecule has 26 heavy (non-hydrogen) atoms. The van der Waals surface area contributed by atoms with E-state index in [2.05, 4.69) is 20.9 Å². The highest BCUT2D eigenvalue weighted by Gasteiger charge is 2.26. The van der Waals surface area contributed by atoms with Gasteiger partial charge in [-0.05, 0) is 42.3 Å². The van der Waals surface area contributed by atoms with E-state index in [4.69, 9.17) is 9.47 Å². The van der Waals surface area contributed by atoms with Gasteiger partial charge in [-0.1, -0.05) is 15.9 Å². The van der Waals surface area contributed by atoms with Crippen LogP contribution in [0.4, 0.5) is 0 Å². The molecule has 1 aliphatic heterocycles. The first-order valence-electron chi connectivity index (χ1n) is 8.03. The van der Waals surface area contributed by atoms with Crippen molar-refractivity contribution in [3.05, 3.63) is 62.1 Å². The Morgan fingerprint density at radius 1 is 1.08 bits per heavy atom. The highest BCUT2D eigenvalue weighted by Crippen LogP contribution is 2.33. The average molecular weight is 415 g/mol. The summed E-state index contributed by atoms with van der Waals surface area (Å²) in [5, 5.41) is 0.483. The van der Waals surface area contributed by atoms with Gasteiger partial charge in [0.2, 0.25) is 5.78 Å². The first kappa shape index (κ1) is 16.8. The summed E-state index contributed by atoms with van der Waals surface area (Å²) in [7, 11) is 3.07. The zero-order chi connectivity index (χ0) is 18.4. The second kappa shape index (κ2) is 6.25. The van der Waals surface area contributed by atoms with Gasteiger partial charge in [0.1, 0.15) is 0 Å². The van der Waals surface area contributed by atoms with Gasteiger partial charge >= 0.3 is 0 Å². The molecule has 0 N–H and O–H groups in total. The summed E-state index contributed by atoms with van der Waals surface area (Å²) in [6.07, 6.45) is 0.523. The second-order valence-corrected chi connectivity index (χ2v) is 6.91. The van der Waals surface area contributed by atoms with Crippen molar-refractivity contribution in [1.82, 2.24) is 9.55 Å². The van der Waals surface area contributed by atoms with E-state index >= 15 is 0 Å². The molecular weight excluding hydrogens is 400 g/mol. The van der Waals surface area contributed by atoms with Gasteiger partial charge in [-0.3, -0.25) is 14.2 Å². The molecule has 1 aromatic heterocycles. The minimum Gasteiger partial charge on any atom is -0.493 e. The Hall–Kier alpha value is -2.67. The molecule has 0 radical (unpaired) electrons. The lowest BCUT2D eigenvalue weighted by molar-refractivity contribution is 0.102. The van der Waals surface area contributed by atoms with E-state index in [-0.39, 0.29) is 17.2 Å². The van der Waals surface area contributed by atoms with Gasteiger partial charge < -0.3 is 9.47 Å². The van der Waals surface area contributed by atoms with Crippen LogP contribution < -0.4 is 15.0 Å². The van der Waals surface area contributed by atoms with E-state index in [1.807, 2.05) is 0 Å². The smallest absolute Gasteiger partial charge is 0.261 e. The number of fused-ring (bicyclic) bond motifs is 3. The van der Waals surface area contributed by atoms with Crippen LogP contribution in [0.3, 0.4) is 0 Å². The number of hydrogen-bond donors (Lipinski definition) is 0. The van der Waals surface area contributed by atoms with E-state index in [1.165, 1.54) is 11.7 Å². The van der Waals surface area contributed by atoms with Crippen molar-refractivity contribution in [3.63, 3.8) is 0 Å². The average Bonchev–Trinajstić information content (AvgIpc) is 2.78. The number of rotatable bonds is 2. The predicted octanol–water partition coefficient (Wildman–Crippen LogP) is 2.96. The maximum Gasteiger partial charge on any atom is 0.261 e. The van der Waals surface area contributed by atoms with E-state index in [1.54, 1.807) is 37.4 Å². The van der Waals surface area contributed by atoms with Crippen LogP contribution in [-0.2, 0) is 13.0 Å². The van der Waals surface area contributed by atoms with Crippen LogP contribution >= 0.6 is 15.9 Å². The number of hydrogen-bond acceptors (Lipinski definition) is 5. The predicted molar refractivity (Wildman–Crippen MR) is 100 cm³/mol. The summed E-state index contributed by atoms with van der Waals surface area (Å²) in [5.74, 6) is 0.885. The molecule has 0 unspecified atom stereocenters. The number of ketones is 1. The van der Waals surface area contributed by atoms with E-state index in [0.717, 1.165) is 10.0 Å². The zero-order valence-corrected chi connectivity index (χ0v) is 15.8. The summed E-state index contributed by atoms with van der Waals surface area (Å²) >= 11 is 3.37. The van der Waals surface area contributed by atoms with E-state index in [9.17, 15) is 9.59 Å². The number of aryl methyl sites for hydroxylation is 1. The minimum absolute atomic E-state index is 0.149. The molecule has 0 bridgehead atoms. The molecule has 0 spiro atoms. The van der Waals surface area contributed by atoms with Gasteiger partial charge in [0, 0.05) is 16.6 Å². The SMILES string of the molecule is COc1cc2c(cc1OC)C(=O)c1nc3ccc(Br)cc3c(=O)n1CC2. The normalized spacial score (nSPS) is 13.1. The third-order valence-electron chi connectivity index (χ3n) is 4.58. The summed E-state index contributed by atoms with van der Waals surface area (Å²) in [5.41, 5.74) is 1.58. The Labute approximate surface area is 157 Å². The van der Waals surface area contributed by atoms with Crippen molar-refractivity contribution in [1.29, 1.82) is 0 Å². The van der Waals surface area contributed by atoms with Gasteiger partial charge in [0.05, 0.1) is 25.1 Å². The molecular formula is C19H15BrN2O4. The van der Waals surface area contributed by atoms with Crippen molar-refractivity contribution < 1.29 is 14.3 Å². The van der Waals surface area contributed by atoms with Crippen molar-refractivity contribution in [2.75, 3.05) is 14.2 Å². The number of aromatic nitrogens is 2. The Morgan fingerprint density at radius 3 is 2.54 bits per heavy atom. The summed E-state index contributed by atoms with van der Waals surface area (Å²) in [4.78, 5) is 30.5. The van der Waals surface area contributed by atoms with Crippen molar-refractivity contribution in [2.24, 2.45) is 0 Å². The number of halogens is 1. The zero-order valence-electron chi connectivity index (χ0n) is 14.2. The molecule has 0 saturated carbocycles. The van der Waals surface area contributed by atoms with E-state index in [0.29, 0.717) is 40.9 Å². The molecule has 4 rings (SSSR count). The van der Waals surface area contributed by atoms with Crippen LogP contribution in [0.2, 0.25) is 0 Å². The Bertz CT molecular complexity index is 1120. The largest absolute Gasteiger partial charge is 0.493 e. The number of carbonyl (C=O) groups is 1. The summed E-state index contributed by atoms with van der Waals surface area (Å²) in [6.45, 7) is 0.373. The van der Waals surface area contributed by atoms with Crippen molar-refractivity contribution >= 4 is 32.6 Å². The molecule has 0 amide bonds. The lowest BCUT2D eigenvalue weighted by atomic mass is 10.0. The topological polar surface area (TPSA) is 70.4 Å². The third kappa shape index (κ3) is 2.50. The van der Waals surface area contributed by atoms with Gasteiger partial charge in [-0.25, -0.2) is 4.98 Å². The molecule has 7 heteroatoms. The molecule has 0 fully saturated rings. The molecule has 132 valence electrons. The first-order valence-corrected chi connectivity index (χ1v) is 8.82. The quantitative estimate of drug-likeness (QED) is 0.644. The Balaban J connectivity index is 1.97. The maximum absolute atomic E-state index is 13.1. The first-order chi connectivity index (χ1) is 12.5. The third-order valence-corrected chi connectivity index (χ3v) is 5.07. The van der Waals surface area contributed by atoms with E-state index < -0.39 is 0 Å². The molecule has 6 nitrogen and oxygen atoms in total. The van der Waals surface area contributed by atoms with Crippen LogP contribution in [-0.4, -0.2) is 29.6 Å². The highest BCUT2D eigenvalue weighted by atomic mass is 79.9. The van der Waals surface area contributed by atoms with Gasteiger partial charge in [-0.2, -0.15) is 0 Å². The van der Waals surface area contributed by atoms with Crippen LogP contribution in [0.15, 0.2) is 39.6 Å². The molecule has 2 aromatic carbocycles. The maximum atomic E-state index is 13.1. The fourth-order valence-electron chi connectivity index (χ4n) is 3.27. The monoisotopic (exact) mass is 414 g/mol. The molecule has 0 aliphatic carbocycles. The summed E-state index contributed by atoms with van der Waals surface area (Å²) in [6, 6.07) is 8.71.